The lowest BCUT2D eigenvalue weighted by molar-refractivity contribution is 0.255. The summed E-state index contributed by atoms with van der Waals surface area (Å²) in [5, 5.41) is 2.03. The van der Waals surface area contributed by atoms with Crippen molar-refractivity contribution in [1.82, 2.24) is 4.90 Å². The highest BCUT2D eigenvalue weighted by Gasteiger charge is 2.29. The van der Waals surface area contributed by atoms with Gasteiger partial charge in [-0.2, -0.15) is 0 Å². The number of thiophene rings is 1. The Kier molecular flexibility index (Phi) is 6.74. The van der Waals surface area contributed by atoms with Gasteiger partial charge in [0.05, 0.1) is 10.6 Å². The van der Waals surface area contributed by atoms with Crippen molar-refractivity contribution in [3.8, 4) is 0 Å². The van der Waals surface area contributed by atoms with Crippen LogP contribution >= 0.6 is 36.2 Å². The Morgan fingerprint density at radius 1 is 1.28 bits per heavy atom. The van der Waals surface area contributed by atoms with Gasteiger partial charge in [-0.05, 0) is 54.6 Å². The Bertz CT molecular complexity index is 733. The smallest absolute Gasteiger partial charge is 0.141 e. The predicted octanol–water partition coefficient (Wildman–Crippen LogP) is 4.04. The Morgan fingerprint density at radius 2 is 2.12 bits per heavy atom. The minimum Gasteiger partial charge on any atom is -0.383 e. The third kappa shape index (κ3) is 4.11. The highest BCUT2D eigenvalue weighted by Crippen LogP contribution is 2.33. The summed E-state index contributed by atoms with van der Waals surface area (Å²) in [4.78, 5) is 10.6. The number of benzene rings is 1. The van der Waals surface area contributed by atoms with Crippen LogP contribution in [0.1, 0.15) is 23.3 Å². The second-order valence-corrected chi connectivity index (χ2v) is 7.38. The molecule has 0 saturated carbocycles. The Labute approximate surface area is 165 Å². The molecule has 4 rings (SSSR count). The number of fused-ring (bicyclic) bond motifs is 2. The van der Waals surface area contributed by atoms with Crippen LogP contribution in [0.25, 0.3) is 0 Å². The Balaban J connectivity index is 0.00000113. The Morgan fingerprint density at radius 3 is 2.88 bits per heavy atom. The quantitative estimate of drug-likeness (QED) is 0.612. The van der Waals surface area contributed by atoms with E-state index in [1.807, 2.05) is 17.5 Å². The van der Waals surface area contributed by atoms with Gasteiger partial charge in [-0.25, -0.2) is 4.99 Å². The lowest BCUT2D eigenvalue weighted by Gasteiger charge is -2.24. The standard InChI is InChI=1S/C18H22N4S.2ClH/c1-21-12-15-4-2-8-22(15)11-13-10-14(6-7-16(13)21)20-18(19)17-5-3-9-23-17;;/h3,5-7,9-10,15H,2,4,8,11-12H2,1H3,(H2,19,20);2*1H. The van der Waals surface area contributed by atoms with E-state index in [0.717, 1.165) is 23.7 Å². The summed E-state index contributed by atoms with van der Waals surface area (Å²) in [7, 11) is 2.20. The maximum atomic E-state index is 6.13. The number of hydrogen-bond donors (Lipinski definition) is 1. The molecule has 7 heteroatoms. The van der Waals surface area contributed by atoms with Crippen molar-refractivity contribution in [2.75, 3.05) is 25.0 Å². The first-order valence-corrected chi connectivity index (χ1v) is 9.05. The number of amidine groups is 1. The van der Waals surface area contributed by atoms with Crippen LogP contribution in [0.15, 0.2) is 40.7 Å². The Hall–Kier alpha value is -1.27. The van der Waals surface area contributed by atoms with E-state index in [4.69, 9.17) is 5.73 Å². The fraction of sp³-hybridized carbons (Fsp3) is 0.389. The molecular weight excluding hydrogens is 375 g/mol. The van der Waals surface area contributed by atoms with Crippen molar-refractivity contribution in [3.05, 3.63) is 46.2 Å². The van der Waals surface area contributed by atoms with Gasteiger partial charge in [0.2, 0.25) is 0 Å². The van der Waals surface area contributed by atoms with E-state index in [-0.39, 0.29) is 24.8 Å². The molecule has 0 spiro atoms. The second-order valence-electron chi connectivity index (χ2n) is 6.43. The molecule has 0 aliphatic carbocycles. The minimum atomic E-state index is 0. The van der Waals surface area contributed by atoms with Gasteiger partial charge in [0.1, 0.15) is 5.84 Å². The minimum absolute atomic E-state index is 0. The summed E-state index contributed by atoms with van der Waals surface area (Å²) in [5.74, 6) is 0.598. The van der Waals surface area contributed by atoms with Gasteiger partial charge in [-0.1, -0.05) is 6.07 Å². The van der Waals surface area contributed by atoms with Gasteiger partial charge in [-0.3, -0.25) is 4.90 Å². The number of nitrogens with two attached hydrogens (primary N) is 1. The zero-order valence-electron chi connectivity index (χ0n) is 14.2. The molecule has 136 valence electrons. The van der Waals surface area contributed by atoms with Crippen molar-refractivity contribution in [3.63, 3.8) is 0 Å². The van der Waals surface area contributed by atoms with Gasteiger partial charge in [0.15, 0.2) is 0 Å². The lowest BCUT2D eigenvalue weighted by Crippen LogP contribution is -2.35. The van der Waals surface area contributed by atoms with Crippen molar-refractivity contribution in [1.29, 1.82) is 0 Å². The van der Waals surface area contributed by atoms with E-state index in [1.165, 1.54) is 30.6 Å². The number of hydrogen-bond acceptors (Lipinski definition) is 4. The fourth-order valence-corrected chi connectivity index (χ4v) is 4.33. The van der Waals surface area contributed by atoms with Gasteiger partial charge in [-0.15, -0.1) is 36.2 Å². The first kappa shape index (κ1) is 20.0. The number of aliphatic imine (C=N–C) groups is 1. The molecule has 1 fully saturated rings. The van der Waals surface area contributed by atoms with Crippen LogP contribution in [0.2, 0.25) is 0 Å². The molecule has 1 atom stereocenters. The van der Waals surface area contributed by atoms with E-state index in [9.17, 15) is 0 Å². The molecule has 2 aliphatic heterocycles. The number of rotatable bonds is 2. The molecule has 0 amide bonds. The van der Waals surface area contributed by atoms with E-state index in [1.54, 1.807) is 11.3 Å². The molecule has 4 nitrogen and oxygen atoms in total. The molecular formula is C18H24Cl2N4S. The van der Waals surface area contributed by atoms with Crippen LogP contribution in [-0.4, -0.2) is 36.9 Å². The van der Waals surface area contributed by atoms with Crippen LogP contribution in [-0.2, 0) is 6.54 Å². The van der Waals surface area contributed by atoms with E-state index in [2.05, 4.69) is 40.0 Å². The largest absolute Gasteiger partial charge is 0.383 e. The molecule has 1 aromatic heterocycles. The predicted molar refractivity (Wildman–Crippen MR) is 112 cm³/mol. The summed E-state index contributed by atoms with van der Waals surface area (Å²) in [5.41, 5.74) is 9.76. The zero-order chi connectivity index (χ0) is 15.8. The third-order valence-electron chi connectivity index (χ3n) is 4.85. The molecule has 1 aromatic carbocycles. The first-order chi connectivity index (χ1) is 11.2. The number of anilines is 1. The van der Waals surface area contributed by atoms with Gasteiger partial charge in [0, 0.05) is 31.9 Å². The van der Waals surface area contributed by atoms with Crippen molar-refractivity contribution < 1.29 is 0 Å². The summed E-state index contributed by atoms with van der Waals surface area (Å²) in [6, 6.07) is 11.2. The molecule has 2 aromatic rings. The molecule has 2 N–H and O–H groups in total. The average molecular weight is 399 g/mol. The summed E-state index contributed by atoms with van der Waals surface area (Å²) in [6.45, 7) is 3.35. The third-order valence-corrected chi connectivity index (χ3v) is 5.75. The monoisotopic (exact) mass is 398 g/mol. The highest BCUT2D eigenvalue weighted by molar-refractivity contribution is 7.12. The van der Waals surface area contributed by atoms with Crippen LogP contribution < -0.4 is 10.6 Å². The fourth-order valence-electron chi connectivity index (χ4n) is 3.70. The molecule has 0 bridgehead atoms. The van der Waals surface area contributed by atoms with Crippen LogP contribution in [0, 0.1) is 0 Å². The topological polar surface area (TPSA) is 44.9 Å². The molecule has 0 radical (unpaired) electrons. The first-order valence-electron chi connectivity index (χ1n) is 8.17. The molecule has 1 saturated heterocycles. The second kappa shape index (κ2) is 8.41. The van der Waals surface area contributed by atoms with Crippen molar-refractivity contribution >= 4 is 53.4 Å². The lowest BCUT2D eigenvalue weighted by atomic mass is 10.1. The van der Waals surface area contributed by atoms with Crippen LogP contribution in [0.3, 0.4) is 0 Å². The van der Waals surface area contributed by atoms with E-state index >= 15 is 0 Å². The number of nitrogens with zero attached hydrogens (tertiary/aromatic N) is 3. The van der Waals surface area contributed by atoms with Crippen molar-refractivity contribution in [2.24, 2.45) is 10.7 Å². The molecule has 25 heavy (non-hydrogen) atoms. The van der Waals surface area contributed by atoms with Gasteiger partial charge >= 0.3 is 0 Å². The summed E-state index contributed by atoms with van der Waals surface area (Å²) < 4.78 is 0. The molecule has 2 aliphatic rings. The maximum Gasteiger partial charge on any atom is 0.141 e. The van der Waals surface area contributed by atoms with E-state index in [0.29, 0.717) is 11.9 Å². The normalized spacial score (nSPS) is 20.1. The van der Waals surface area contributed by atoms with Gasteiger partial charge < -0.3 is 10.6 Å². The number of halogens is 2. The SMILES string of the molecule is CN1CC2CCCN2Cc2cc(N=C(N)c3cccs3)ccc21.Cl.Cl. The summed E-state index contributed by atoms with van der Waals surface area (Å²) >= 11 is 1.62. The molecule has 3 heterocycles. The van der Waals surface area contributed by atoms with E-state index < -0.39 is 0 Å². The number of likely N-dealkylation sites (N-methyl/N-ethyl adjacent to an activating group) is 1. The van der Waals surface area contributed by atoms with Crippen molar-refractivity contribution in [2.45, 2.75) is 25.4 Å². The maximum absolute atomic E-state index is 6.13. The zero-order valence-corrected chi connectivity index (χ0v) is 16.7. The van der Waals surface area contributed by atoms with Gasteiger partial charge in [0.25, 0.3) is 0 Å². The van der Waals surface area contributed by atoms with Crippen LogP contribution in [0.5, 0.6) is 0 Å². The molecule has 1 unspecified atom stereocenters. The highest BCUT2D eigenvalue weighted by atomic mass is 35.5. The van der Waals surface area contributed by atoms with Crippen LogP contribution in [0.4, 0.5) is 11.4 Å². The average Bonchev–Trinajstić information content (AvgIpc) is 3.18. The summed E-state index contributed by atoms with van der Waals surface area (Å²) in [6.07, 6.45) is 2.63.